The first-order chi connectivity index (χ1) is 8.07. The molecule has 17 heavy (non-hydrogen) atoms. The largest absolute Gasteiger partial charge is 0.374 e. The predicted molar refractivity (Wildman–Crippen MR) is 72.1 cm³/mol. The molecule has 1 aliphatic carbocycles. The molecule has 1 heterocycles. The Balaban J connectivity index is 2.03. The first-order valence-corrected chi connectivity index (χ1v) is 7.38. The molecule has 2 heteroatoms. The van der Waals surface area contributed by atoms with Gasteiger partial charge in [-0.25, -0.2) is 0 Å². The maximum Gasteiger partial charge on any atom is 0.0810 e. The van der Waals surface area contributed by atoms with Gasteiger partial charge in [-0.15, -0.1) is 0 Å². The minimum atomic E-state index is 0.0831. The number of hydrogen-bond acceptors (Lipinski definition) is 2. The van der Waals surface area contributed by atoms with Crippen LogP contribution in [-0.4, -0.2) is 25.3 Å². The second-order valence-electron chi connectivity index (χ2n) is 6.56. The Hall–Kier alpha value is -0.0800. The standard InChI is InChI=1S/C15H29NO/c1-11-6-7-13(10-12(11)2)14(16-4)15(3)8-5-9-17-15/h11-14,16H,5-10H2,1-4H3. The van der Waals surface area contributed by atoms with E-state index in [2.05, 4.69) is 33.1 Å². The Kier molecular flexibility index (Phi) is 4.14. The molecule has 2 fully saturated rings. The Morgan fingerprint density at radius 2 is 2.00 bits per heavy atom. The first-order valence-electron chi connectivity index (χ1n) is 7.38. The highest BCUT2D eigenvalue weighted by molar-refractivity contribution is 4.97. The van der Waals surface area contributed by atoms with Gasteiger partial charge in [0.15, 0.2) is 0 Å². The van der Waals surface area contributed by atoms with Crippen LogP contribution >= 0.6 is 0 Å². The average Bonchev–Trinajstić information content (AvgIpc) is 2.72. The molecule has 2 aliphatic rings. The Morgan fingerprint density at radius 3 is 2.53 bits per heavy atom. The van der Waals surface area contributed by atoms with Crippen LogP contribution in [0, 0.1) is 17.8 Å². The first kappa shape index (κ1) is 13.4. The minimum Gasteiger partial charge on any atom is -0.374 e. The highest BCUT2D eigenvalue weighted by Crippen LogP contribution is 2.40. The van der Waals surface area contributed by atoms with Crippen molar-refractivity contribution in [3.8, 4) is 0 Å². The smallest absolute Gasteiger partial charge is 0.0810 e. The van der Waals surface area contributed by atoms with Crippen molar-refractivity contribution < 1.29 is 4.74 Å². The molecule has 5 atom stereocenters. The van der Waals surface area contributed by atoms with Gasteiger partial charge < -0.3 is 10.1 Å². The summed E-state index contributed by atoms with van der Waals surface area (Å²) in [5, 5.41) is 3.56. The molecule has 1 aliphatic heterocycles. The summed E-state index contributed by atoms with van der Waals surface area (Å²) in [7, 11) is 2.11. The third-order valence-electron chi connectivity index (χ3n) is 5.33. The Labute approximate surface area is 107 Å². The lowest BCUT2D eigenvalue weighted by Crippen LogP contribution is -2.52. The van der Waals surface area contributed by atoms with Crippen LogP contribution in [0.4, 0.5) is 0 Å². The van der Waals surface area contributed by atoms with Crippen molar-refractivity contribution in [2.24, 2.45) is 17.8 Å². The Morgan fingerprint density at radius 1 is 1.24 bits per heavy atom. The zero-order valence-electron chi connectivity index (χ0n) is 12.0. The molecule has 2 rings (SSSR count). The van der Waals surface area contributed by atoms with Gasteiger partial charge in [0.05, 0.1) is 5.60 Å². The molecule has 0 aromatic carbocycles. The minimum absolute atomic E-state index is 0.0831. The molecule has 1 saturated heterocycles. The van der Waals surface area contributed by atoms with Crippen LogP contribution in [0.5, 0.6) is 0 Å². The topological polar surface area (TPSA) is 21.3 Å². The third-order valence-corrected chi connectivity index (χ3v) is 5.33. The lowest BCUT2D eigenvalue weighted by molar-refractivity contribution is -0.0370. The summed E-state index contributed by atoms with van der Waals surface area (Å²) in [5.74, 6) is 2.57. The fourth-order valence-electron chi connectivity index (χ4n) is 3.98. The molecule has 0 aromatic rings. The van der Waals surface area contributed by atoms with Crippen molar-refractivity contribution in [2.45, 2.75) is 64.5 Å². The lowest BCUT2D eigenvalue weighted by Gasteiger charge is -2.43. The van der Waals surface area contributed by atoms with Gasteiger partial charge in [-0.2, -0.15) is 0 Å². The van der Waals surface area contributed by atoms with E-state index in [1.807, 2.05) is 0 Å². The van der Waals surface area contributed by atoms with Crippen LogP contribution in [0.3, 0.4) is 0 Å². The molecule has 0 spiro atoms. The number of likely N-dealkylation sites (N-methyl/N-ethyl adjacent to an activating group) is 1. The van der Waals surface area contributed by atoms with E-state index in [1.165, 1.54) is 32.1 Å². The molecule has 2 nitrogen and oxygen atoms in total. The molecule has 1 N–H and O–H groups in total. The monoisotopic (exact) mass is 239 g/mol. The molecule has 0 aromatic heterocycles. The van der Waals surface area contributed by atoms with E-state index < -0.39 is 0 Å². The molecule has 0 radical (unpaired) electrons. The number of hydrogen-bond donors (Lipinski definition) is 1. The van der Waals surface area contributed by atoms with E-state index in [0.717, 1.165) is 24.4 Å². The van der Waals surface area contributed by atoms with Crippen LogP contribution < -0.4 is 5.32 Å². The average molecular weight is 239 g/mol. The molecular formula is C15H29NO. The molecule has 0 bridgehead atoms. The number of rotatable bonds is 3. The summed E-state index contributed by atoms with van der Waals surface area (Å²) < 4.78 is 6.05. The van der Waals surface area contributed by atoms with Crippen molar-refractivity contribution in [1.29, 1.82) is 0 Å². The summed E-state index contributed by atoms with van der Waals surface area (Å²) in [4.78, 5) is 0. The highest BCUT2D eigenvalue weighted by atomic mass is 16.5. The highest BCUT2D eigenvalue weighted by Gasteiger charge is 2.43. The van der Waals surface area contributed by atoms with Crippen molar-refractivity contribution in [1.82, 2.24) is 5.32 Å². The van der Waals surface area contributed by atoms with Crippen molar-refractivity contribution in [3.05, 3.63) is 0 Å². The maximum atomic E-state index is 6.05. The van der Waals surface area contributed by atoms with Gasteiger partial charge in [-0.3, -0.25) is 0 Å². The quantitative estimate of drug-likeness (QED) is 0.816. The Bertz CT molecular complexity index is 247. The summed E-state index contributed by atoms with van der Waals surface area (Å²) in [6.07, 6.45) is 6.58. The van der Waals surface area contributed by atoms with Gasteiger partial charge in [-0.1, -0.05) is 20.3 Å². The summed E-state index contributed by atoms with van der Waals surface area (Å²) in [6.45, 7) is 8.08. The molecule has 5 unspecified atom stereocenters. The zero-order chi connectivity index (χ0) is 12.5. The van der Waals surface area contributed by atoms with Crippen LogP contribution in [0.15, 0.2) is 0 Å². The molecule has 0 amide bonds. The zero-order valence-corrected chi connectivity index (χ0v) is 12.0. The van der Waals surface area contributed by atoms with Crippen LogP contribution in [-0.2, 0) is 4.74 Å². The van der Waals surface area contributed by atoms with Gasteiger partial charge in [0.2, 0.25) is 0 Å². The fraction of sp³-hybridized carbons (Fsp3) is 1.00. The molecular weight excluding hydrogens is 210 g/mol. The summed E-state index contributed by atoms with van der Waals surface area (Å²) in [5.41, 5.74) is 0.0831. The van der Waals surface area contributed by atoms with E-state index in [-0.39, 0.29) is 5.60 Å². The fourth-order valence-corrected chi connectivity index (χ4v) is 3.98. The van der Waals surface area contributed by atoms with Crippen molar-refractivity contribution >= 4 is 0 Å². The van der Waals surface area contributed by atoms with Crippen LogP contribution in [0.1, 0.15) is 52.9 Å². The van der Waals surface area contributed by atoms with Crippen LogP contribution in [0.25, 0.3) is 0 Å². The van der Waals surface area contributed by atoms with Crippen molar-refractivity contribution in [2.75, 3.05) is 13.7 Å². The summed E-state index contributed by atoms with van der Waals surface area (Å²) in [6, 6.07) is 0.542. The lowest BCUT2D eigenvalue weighted by atomic mass is 9.69. The van der Waals surface area contributed by atoms with Crippen LogP contribution in [0.2, 0.25) is 0 Å². The van der Waals surface area contributed by atoms with E-state index in [1.54, 1.807) is 0 Å². The maximum absolute atomic E-state index is 6.05. The third kappa shape index (κ3) is 2.68. The number of nitrogens with one attached hydrogen (secondary N) is 1. The van der Waals surface area contributed by atoms with E-state index in [9.17, 15) is 0 Å². The summed E-state index contributed by atoms with van der Waals surface area (Å²) >= 11 is 0. The van der Waals surface area contributed by atoms with Gasteiger partial charge in [0.25, 0.3) is 0 Å². The normalized spacial score (nSPS) is 44.8. The SMILES string of the molecule is CNC(C1CCC(C)C(C)C1)C1(C)CCCO1. The van der Waals surface area contributed by atoms with Gasteiger partial charge in [-0.05, 0) is 57.4 Å². The molecule has 100 valence electrons. The number of ether oxygens (including phenoxy) is 1. The van der Waals surface area contributed by atoms with Crippen molar-refractivity contribution in [3.63, 3.8) is 0 Å². The second kappa shape index (κ2) is 5.27. The van der Waals surface area contributed by atoms with Gasteiger partial charge >= 0.3 is 0 Å². The van der Waals surface area contributed by atoms with Gasteiger partial charge in [0, 0.05) is 12.6 Å². The van der Waals surface area contributed by atoms with E-state index in [4.69, 9.17) is 4.74 Å². The van der Waals surface area contributed by atoms with Gasteiger partial charge in [0.1, 0.15) is 0 Å². The van der Waals surface area contributed by atoms with E-state index in [0.29, 0.717) is 6.04 Å². The second-order valence-corrected chi connectivity index (χ2v) is 6.56. The van der Waals surface area contributed by atoms with E-state index >= 15 is 0 Å². The molecule has 1 saturated carbocycles. The predicted octanol–water partition coefficient (Wildman–Crippen LogP) is 3.22.